The van der Waals surface area contributed by atoms with Crippen molar-refractivity contribution in [2.45, 2.75) is 129 Å². The fourth-order valence-electron chi connectivity index (χ4n) is 9.15. The zero-order valence-electron chi connectivity index (χ0n) is 24.9. The molecule has 6 atom stereocenters. The standard InChI is InChI=1S/C34H54F2O3/c1-4-37-30-16-14-25(15-17-30)27-11-13-28-20-26(10-12-29(28)21-27)24-8-6-23(7-9-24)22-38-31-18-19-34(3,39-5-2)33(36)32(31)35/h18-19,23-30,33H,4-17,20-22H2,1-3H3. The summed E-state index contributed by atoms with van der Waals surface area (Å²) in [5, 5.41) is 0. The van der Waals surface area contributed by atoms with Gasteiger partial charge in [0.1, 0.15) is 5.60 Å². The molecule has 5 aliphatic carbocycles. The van der Waals surface area contributed by atoms with Gasteiger partial charge in [-0.05, 0) is 164 Å². The maximum atomic E-state index is 14.7. The minimum atomic E-state index is -1.81. The molecule has 222 valence electrons. The molecule has 3 nitrogen and oxygen atoms in total. The highest BCUT2D eigenvalue weighted by Gasteiger charge is 2.42. The van der Waals surface area contributed by atoms with E-state index in [0.29, 0.717) is 25.2 Å². The fraction of sp³-hybridized carbons (Fsp3) is 0.882. The number of ether oxygens (including phenoxy) is 3. The highest BCUT2D eigenvalue weighted by Crippen LogP contribution is 2.51. The zero-order chi connectivity index (χ0) is 27.4. The molecule has 0 aliphatic heterocycles. The molecular weight excluding hydrogens is 494 g/mol. The van der Waals surface area contributed by atoms with Gasteiger partial charge in [0.25, 0.3) is 0 Å². The first-order valence-electron chi connectivity index (χ1n) is 16.5. The summed E-state index contributed by atoms with van der Waals surface area (Å²) in [7, 11) is 0. The Balaban J connectivity index is 1.02. The lowest BCUT2D eigenvalue weighted by Gasteiger charge is -2.47. The van der Waals surface area contributed by atoms with Crippen LogP contribution in [0.2, 0.25) is 0 Å². The highest BCUT2D eigenvalue weighted by molar-refractivity contribution is 5.31. The van der Waals surface area contributed by atoms with Crippen LogP contribution in [0.3, 0.4) is 0 Å². The van der Waals surface area contributed by atoms with E-state index in [-0.39, 0.29) is 5.76 Å². The van der Waals surface area contributed by atoms with E-state index in [2.05, 4.69) is 6.92 Å². The van der Waals surface area contributed by atoms with Crippen molar-refractivity contribution in [3.05, 3.63) is 23.7 Å². The van der Waals surface area contributed by atoms with Gasteiger partial charge in [0, 0.05) is 13.2 Å². The van der Waals surface area contributed by atoms with Crippen LogP contribution >= 0.6 is 0 Å². The Kier molecular flexibility index (Phi) is 10.1. The summed E-state index contributed by atoms with van der Waals surface area (Å²) in [5.41, 5.74) is -1.24. The average Bonchev–Trinajstić information content (AvgIpc) is 2.96. The molecule has 0 aromatic heterocycles. The van der Waals surface area contributed by atoms with Crippen LogP contribution in [0.25, 0.3) is 0 Å². The van der Waals surface area contributed by atoms with E-state index in [0.717, 1.165) is 55.0 Å². The smallest absolute Gasteiger partial charge is 0.187 e. The first-order chi connectivity index (χ1) is 18.9. The third kappa shape index (κ3) is 6.93. The van der Waals surface area contributed by atoms with Crippen LogP contribution in [0.1, 0.15) is 111 Å². The summed E-state index contributed by atoms with van der Waals surface area (Å²) >= 11 is 0. The maximum absolute atomic E-state index is 14.7. The first kappa shape index (κ1) is 29.5. The molecule has 0 saturated heterocycles. The Hall–Kier alpha value is -0.940. The molecule has 5 aliphatic rings. The van der Waals surface area contributed by atoms with Gasteiger partial charge >= 0.3 is 0 Å². The minimum absolute atomic E-state index is 0.0538. The molecule has 0 radical (unpaired) electrons. The van der Waals surface area contributed by atoms with Crippen molar-refractivity contribution in [1.82, 2.24) is 0 Å². The van der Waals surface area contributed by atoms with Crippen molar-refractivity contribution < 1.29 is 23.0 Å². The second kappa shape index (κ2) is 13.4. The van der Waals surface area contributed by atoms with E-state index >= 15 is 0 Å². The van der Waals surface area contributed by atoms with Gasteiger partial charge in [0.15, 0.2) is 17.8 Å². The van der Waals surface area contributed by atoms with Crippen LogP contribution in [-0.2, 0) is 14.2 Å². The van der Waals surface area contributed by atoms with Crippen LogP contribution in [0.5, 0.6) is 0 Å². The molecule has 0 spiro atoms. The number of halogens is 2. The van der Waals surface area contributed by atoms with Gasteiger partial charge in [-0.1, -0.05) is 0 Å². The molecule has 0 aromatic rings. The molecule has 4 saturated carbocycles. The molecule has 5 rings (SSSR count). The van der Waals surface area contributed by atoms with E-state index in [1.54, 1.807) is 26.0 Å². The normalized spacial score (nSPS) is 43.3. The van der Waals surface area contributed by atoms with E-state index in [4.69, 9.17) is 14.2 Å². The third-order valence-corrected chi connectivity index (χ3v) is 11.5. The van der Waals surface area contributed by atoms with Crippen molar-refractivity contribution in [3.8, 4) is 0 Å². The van der Waals surface area contributed by atoms with E-state index < -0.39 is 17.6 Å². The lowest BCUT2D eigenvalue weighted by molar-refractivity contribution is -0.0429. The molecule has 0 aromatic carbocycles. The lowest BCUT2D eigenvalue weighted by atomic mass is 9.59. The Morgan fingerprint density at radius 3 is 1.79 bits per heavy atom. The molecule has 5 heteroatoms. The van der Waals surface area contributed by atoms with Gasteiger partial charge in [0.05, 0.1) is 12.7 Å². The first-order valence-corrected chi connectivity index (χ1v) is 16.5. The zero-order valence-corrected chi connectivity index (χ0v) is 24.9. The Morgan fingerprint density at radius 1 is 0.744 bits per heavy atom. The van der Waals surface area contributed by atoms with Crippen LogP contribution in [0.15, 0.2) is 23.7 Å². The van der Waals surface area contributed by atoms with Crippen molar-refractivity contribution in [1.29, 1.82) is 0 Å². The molecule has 39 heavy (non-hydrogen) atoms. The predicted molar refractivity (Wildman–Crippen MR) is 153 cm³/mol. The summed E-state index contributed by atoms with van der Waals surface area (Å²) in [6.07, 6.45) is 20.8. The summed E-state index contributed by atoms with van der Waals surface area (Å²) in [4.78, 5) is 0. The van der Waals surface area contributed by atoms with Gasteiger partial charge in [-0.25, -0.2) is 8.78 Å². The quantitative estimate of drug-likeness (QED) is 0.288. The van der Waals surface area contributed by atoms with Gasteiger partial charge < -0.3 is 14.2 Å². The Morgan fingerprint density at radius 2 is 1.26 bits per heavy atom. The van der Waals surface area contributed by atoms with Crippen LogP contribution in [0.4, 0.5) is 8.78 Å². The maximum Gasteiger partial charge on any atom is 0.187 e. The summed E-state index contributed by atoms with van der Waals surface area (Å²) in [6.45, 7) is 7.20. The van der Waals surface area contributed by atoms with Gasteiger partial charge in [0.2, 0.25) is 0 Å². The van der Waals surface area contributed by atoms with Crippen LogP contribution < -0.4 is 0 Å². The Labute approximate surface area is 236 Å². The molecule has 0 amide bonds. The van der Waals surface area contributed by atoms with Crippen molar-refractivity contribution >= 4 is 0 Å². The lowest BCUT2D eigenvalue weighted by Crippen LogP contribution is -2.40. The predicted octanol–water partition coefficient (Wildman–Crippen LogP) is 9.12. The van der Waals surface area contributed by atoms with Crippen molar-refractivity contribution in [2.75, 3.05) is 19.8 Å². The SMILES string of the molecule is CCOC1CCC(C2CCC3CC(C4CCC(COC5=C(F)C(F)C(C)(OCC)C=C5)CC4)CCC3C2)CC1. The van der Waals surface area contributed by atoms with E-state index in [1.807, 2.05) is 0 Å². The molecule has 6 unspecified atom stereocenters. The number of rotatable bonds is 9. The second-order valence-corrected chi connectivity index (χ2v) is 13.8. The second-order valence-electron chi connectivity index (χ2n) is 13.8. The molecule has 0 heterocycles. The number of allylic oxidation sites excluding steroid dienone is 1. The van der Waals surface area contributed by atoms with Gasteiger partial charge in [-0.2, -0.15) is 0 Å². The van der Waals surface area contributed by atoms with Gasteiger partial charge in [-0.15, -0.1) is 0 Å². The van der Waals surface area contributed by atoms with Crippen LogP contribution in [-0.4, -0.2) is 37.7 Å². The van der Waals surface area contributed by atoms with Gasteiger partial charge in [-0.3, -0.25) is 0 Å². The summed E-state index contributed by atoms with van der Waals surface area (Å²) < 4.78 is 46.5. The molecular formula is C34H54F2O3. The monoisotopic (exact) mass is 548 g/mol. The van der Waals surface area contributed by atoms with Crippen LogP contribution in [0, 0.1) is 41.4 Å². The molecule has 4 fully saturated rings. The molecule has 0 N–H and O–H groups in total. The average molecular weight is 549 g/mol. The molecule has 0 bridgehead atoms. The fourth-order valence-corrected chi connectivity index (χ4v) is 9.15. The highest BCUT2D eigenvalue weighted by atomic mass is 19.2. The number of hydrogen-bond acceptors (Lipinski definition) is 3. The summed E-state index contributed by atoms with van der Waals surface area (Å²) in [5.74, 6) is 5.28. The van der Waals surface area contributed by atoms with Crippen molar-refractivity contribution in [3.63, 3.8) is 0 Å². The number of fused-ring (bicyclic) bond motifs is 1. The van der Waals surface area contributed by atoms with Crippen molar-refractivity contribution in [2.24, 2.45) is 41.4 Å². The Bertz CT molecular complexity index is 841. The summed E-state index contributed by atoms with van der Waals surface area (Å²) in [6, 6.07) is 0. The number of hydrogen-bond donors (Lipinski definition) is 0. The third-order valence-electron chi connectivity index (χ3n) is 11.5. The van der Waals surface area contributed by atoms with E-state index in [9.17, 15) is 8.78 Å². The largest absolute Gasteiger partial charge is 0.490 e. The number of alkyl halides is 1. The van der Waals surface area contributed by atoms with E-state index in [1.165, 1.54) is 77.0 Å². The minimum Gasteiger partial charge on any atom is -0.490 e. The topological polar surface area (TPSA) is 27.7 Å².